The summed E-state index contributed by atoms with van der Waals surface area (Å²) in [6, 6.07) is 0. The van der Waals surface area contributed by atoms with E-state index in [1.807, 2.05) is 11.9 Å². The Kier molecular flexibility index (Phi) is 2.88. The maximum Gasteiger partial charge on any atom is 0.354 e. The smallest absolute Gasteiger partial charge is 0.354 e. The fraction of sp³-hybridized carbons (Fsp3) is 0.545. The first-order chi connectivity index (χ1) is 7.50. The summed E-state index contributed by atoms with van der Waals surface area (Å²) < 4.78 is 0. The topological polar surface area (TPSA) is 56.3 Å². The van der Waals surface area contributed by atoms with Gasteiger partial charge in [-0.3, -0.25) is 0 Å². The molecule has 2 heterocycles. The normalized spacial score (nSPS) is 20.0. The second-order valence-electron chi connectivity index (χ2n) is 4.46. The van der Waals surface area contributed by atoms with Crippen LogP contribution >= 0.6 is 11.8 Å². The zero-order chi connectivity index (χ0) is 11.9. The van der Waals surface area contributed by atoms with E-state index in [1.54, 1.807) is 18.0 Å². The Labute approximate surface area is 99.0 Å². The van der Waals surface area contributed by atoms with Crippen molar-refractivity contribution in [2.75, 3.05) is 18.5 Å². The number of aromatic carboxylic acids is 1. The number of carbonyl (C=O) groups is 1. The number of anilines is 1. The Hall–Kier alpha value is -1.10. The standard InChI is InChI=1S/C11H16N2O2S/c1-6(2)8-5-13(3)10-7(16-8)4-12-9(10)11(14)15/h4,6,8,12H,5H2,1-3H3,(H,14,15). The van der Waals surface area contributed by atoms with Gasteiger partial charge >= 0.3 is 5.97 Å². The van der Waals surface area contributed by atoms with Gasteiger partial charge in [0.15, 0.2) is 0 Å². The second kappa shape index (κ2) is 4.05. The summed E-state index contributed by atoms with van der Waals surface area (Å²) in [6.45, 7) is 5.29. The third kappa shape index (κ3) is 1.80. The minimum absolute atomic E-state index is 0.298. The number of hydrogen-bond acceptors (Lipinski definition) is 3. The summed E-state index contributed by atoms with van der Waals surface area (Å²) in [5.74, 6) is -0.305. The molecule has 2 rings (SSSR count). The number of nitrogens with zero attached hydrogens (tertiary/aromatic N) is 1. The average molecular weight is 240 g/mol. The van der Waals surface area contributed by atoms with Gasteiger partial charge in [0, 0.05) is 29.9 Å². The lowest BCUT2D eigenvalue weighted by Crippen LogP contribution is -2.34. The van der Waals surface area contributed by atoms with Crippen molar-refractivity contribution in [2.45, 2.75) is 24.0 Å². The van der Waals surface area contributed by atoms with Crippen LogP contribution in [-0.4, -0.2) is 34.9 Å². The number of fused-ring (bicyclic) bond motifs is 1. The molecule has 0 bridgehead atoms. The lowest BCUT2D eigenvalue weighted by molar-refractivity contribution is 0.0692. The van der Waals surface area contributed by atoms with Gasteiger partial charge in [-0.25, -0.2) is 4.79 Å². The number of thioether (sulfide) groups is 1. The van der Waals surface area contributed by atoms with Gasteiger partial charge in [-0.1, -0.05) is 13.8 Å². The first-order valence-corrected chi connectivity index (χ1v) is 6.21. The van der Waals surface area contributed by atoms with Gasteiger partial charge in [0.25, 0.3) is 0 Å². The van der Waals surface area contributed by atoms with Gasteiger partial charge in [-0.05, 0) is 5.92 Å². The van der Waals surface area contributed by atoms with Crippen molar-refractivity contribution in [3.05, 3.63) is 11.9 Å². The van der Waals surface area contributed by atoms with E-state index in [0.717, 1.165) is 17.1 Å². The van der Waals surface area contributed by atoms with Crippen molar-refractivity contribution in [3.8, 4) is 0 Å². The Morgan fingerprint density at radius 2 is 2.38 bits per heavy atom. The van der Waals surface area contributed by atoms with Crippen LogP contribution in [0.25, 0.3) is 0 Å². The molecule has 0 spiro atoms. The lowest BCUT2D eigenvalue weighted by Gasteiger charge is -2.33. The van der Waals surface area contributed by atoms with E-state index < -0.39 is 5.97 Å². The summed E-state index contributed by atoms with van der Waals surface area (Å²) in [5, 5.41) is 9.58. The highest BCUT2D eigenvalue weighted by Gasteiger charge is 2.30. The largest absolute Gasteiger partial charge is 0.477 e. The SMILES string of the molecule is CC(C)C1CN(C)c2c(c[nH]c2C(=O)O)S1. The van der Waals surface area contributed by atoms with E-state index in [-0.39, 0.29) is 0 Å². The van der Waals surface area contributed by atoms with Gasteiger partial charge in [-0.15, -0.1) is 11.8 Å². The summed E-state index contributed by atoms with van der Waals surface area (Å²) >= 11 is 1.77. The van der Waals surface area contributed by atoms with Crippen molar-refractivity contribution in [3.63, 3.8) is 0 Å². The number of H-pyrrole nitrogens is 1. The van der Waals surface area contributed by atoms with Crippen molar-refractivity contribution < 1.29 is 9.90 Å². The summed E-state index contributed by atoms with van der Waals surface area (Å²) in [4.78, 5) is 17.0. The van der Waals surface area contributed by atoms with Crippen molar-refractivity contribution in [1.82, 2.24) is 4.98 Å². The highest BCUT2D eigenvalue weighted by atomic mass is 32.2. The van der Waals surface area contributed by atoms with Gasteiger partial charge < -0.3 is 15.0 Å². The molecule has 1 aliphatic heterocycles. The van der Waals surface area contributed by atoms with Crippen molar-refractivity contribution >= 4 is 23.4 Å². The molecule has 0 fully saturated rings. The van der Waals surface area contributed by atoms with Crippen LogP contribution in [0.4, 0.5) is 5.69 Å². The summed E-state index contributed by atoms with van der Waals surface area (Å²) in [5.41, 5.74) is 1.13. The predicted molar refractivity (Wildman–Crippen MR) is 65.5 cm³/mol. The fourth-order valence-corrected chi connectivity index (χ4v) is 3.33. The second-order valence-corrected chi connectivity index (χ2v) is 5.74. The fourth-order valence-electron chi connectivity index (χ4n) is 1.94. The van der Waals surface area contributed by atoms with E-state index in [1.165, 1.54) is 0 Å². The van der Waals surface area contributed by atoms with Gasteiger partial charge in [0.2, 0.25) is 0 Å². The molecular weight excluding hydrogens is 224 g/mol. The third-order valence-corrected chi connectivity index (χ3v) is 4.45. The number of carboxylic acids is 1. The Balaban J connectivity index is 2.36. The molecule has 0 aromatic carbocycles. The average Bonchev–Trinajstić information content (AvgIpc) is 2.61. The molecule has 16 heavy (non-hydrogen) atoms. The van der Waals surface area contributed by atoms with Gasteiger partial charge in [0.1, 0.15) is 5.69 Å². The molecule has 1 atom stereocenters. The Morgan fingerprint density at radius 3 is 2.94 bits per heavy atom. The van der Waals surface area contributed by atoms with E-state index in [0.29, 0.717) is 16.9 Å². The van der Waals surface area contributed by atoms with Crippen molar-refractivity contribution in [1.29, 1.82) is 0 Å². The Bertz CT molecular complexity index is 414. The molecule has 1 aromatic heterocycles. The molecule has 4 nitrogen and oxygen atoms in total. The minimum atomic E-state index is -0.892. The molecule has 1 aliphatic rings. The van der Waals surface area contributed by atoms with E-state index in [2.05, 4.69) is 18.8 Å². The van der Waals surface area contributed by atoms with Crippen LogP contribution in [0.2, 0.25) is 0 Å². The van der Waals surface area contributed by atoms with Crippen molar-refractivity contribution in [2.24, 2.45) is 5.92 Å². The summed E-state index contributed by atoms with van der Waals surface area (Å²) in [7, 11) is 1.95. The highest BCUT2D eigenvalue weighted by molar-refractivity contribution is 8.00. The quantitative estimate of drug-likeness (QED) is 0.832. The van der Waals surface area contributed by atoms with Crippen LogP contribution in [-0.2, 0) is 0 Å². The molecule has 88 valence electrons. The van der Waals surface area contributed by atoms with Crippen LogP contribution in [0.3, 0.4) is 0 Å². The molecule has 2 N–H and O–H groups in total. The van der Waals surface area contributed by atoms with Crippen LogP contribution < -0.4 is 4.90 Å². The number of carboxylic acid groups (broad SMARTS) is 1. The number of nitrogens with one attached hydrogen (secondary N) is 1. The zero-order valence-electron chi connectivity index (χ0n) is 9.65. The summed E-state index contributed by atoms with van der Waals surface area (Å²) in [6.07, 6.45) is 1.80. The maximum absolute atomic E-state index is 11.0. The number of rotatable bonds is 2. The minimum Gasteiger partial charge on any atom is -0.477 e. The Morgan fingerprint density at radius 1 is 1.69 bits per heavy atom. The molecule has 0 aliphatic carbocycles. The molecule has 1 aromatic rings. The van der Waals surface area contributed by atoms with Crippen LogP contribution in [0.1, 0.15) is 24.3 Å². The van der Waals surface area contributed by atoms with Gasteiger partial charge in [-0.2, -0.15) is 0 Å². The number of aromatic nitrogens is 1. The first kappa shape index (κ1) is 11.4. The van der Waals surface area contributed by atoms with Crippen LogP contribution in [0.15, 0.2) is 11.1 Å². The van der Waals surface area contributed by atoms with Crippen LogP contribution in [0, 0.1) is 5.92 Å². The van der Waals surface area contributed by atoms with E-state index in [9.17, 15) is 4.79 Å². The molecule has 0 saturated heterocycles. The lowest BCUT2D eigenvalue weighted by atomic mass is 10.1. The first-order valence-electron chi connectivity index (χ1n) is 5.33. The van der Waals surface area contributed by atoms with Gasteiger partial charge in [0.05, 0.1) is 5.69 Å². The molecule has 1 unspecified atom stereocenters. The van der Waals surface area contributed by atoms with E-state index in [4.69, 9.17) is 5.11 Å². The zero-order valence-corrected chi connectivity index (χ0v) is 10.5. The number of hydrogen-bond donors (Lipinski definition) is 2. The maximum atomic E-state index is 11.0. The monoisotopic (exact) mass is 240 g/mol. The molecular formula is C11H16N2O2S. The highest BCUT2D eigenvalue weighted by Crippen LogP contribution is 2.42. The van der Waals surface area contributed by atoms with E-state index >= 15 is 0 Å². The molecule has 0 amide bonds. The predicted octanol–water partition coefficient (Wildman–Crippen LogP) is 2.28. The number of aromatic amines is 1. The van der Waals surface area contributed by atoms with Crippen LogP contribution in [0.5, 0.6) is 0 Å². The molecule has 0 radical (unpaired) electrons. The third-order valence-electron chi connectivity index (χ3n) is 2.89. The molecule has 5 heteroatoms. The molecule has 0 saturated carbocycles.